The standard InChI is InChI=1S/C21H22ClN3O3/c22-16-8-9-18(17(11-16)20(27)14-5-2-1-3-6-14)24-19(26)13-25-10-4-7-15(12-25)21(23)28/h1-3,5-6,8-9,11,15H,4,7,10,12-13H2,(H2,23,28)(H,24,26)/t15-/m1/s1. The molecule has 2 amide bonds. The number of likely N-dealkylation sites (tertiary alicyclic amines) is 1. The summed E-state index contributed by atoms with van der Waals surface area (Å²) in [6, 6.07) is 13.6. The van der Waals surface area contributed by atoms with Gasteiger partial charge in [0, 0.05) is 22.7 Å². The number of nitrogens with two attached hydrogens (primary N) is 1. The van der Waals surface area contributed by atoms with Gasteiger partial charge in [-0.25, -0.2) is 0 Å². The third kappa shape index (κ3) is 4.97. The van der Waals surface area contributed by atoms with E-state index in [0.717, 1.165) is 19.4 Å². The lowest BCUT2D eigenvalue weighted by Gasteiger charge is -2.30. The highest BCUT2D eigenvalue weighted by atomic mass is 35.5. The summed E-state index contributed by atoms with van der Waals surface area (Å²) in [7, 11) is 0. The fraction of sp³-hybridized carbons (Fsp3) is 0.286. The van der Waals surface area contributed by atoms with Crippen molar-refractivity contribution < 1.29 is 14.4 Å². The lowest BCUT2D eigenvalue weighted by Crippen LogP contribution is -2.44. The molecule has 2 aromatic rings. The van der Waals surface area contributed by atoms with Crippen molar-refractivity contribution in [1.29, 1.82) is 0 Å². The van der Waals surface area contributed by atoms with E-state index in [1.54, 1.807) is 42.5 Å². The summed E-state index contributed by atoms with van der Waals surface area (Å²) in [5, 5.41) is 3.22. The van der Waals surface area contributed by atoms with Gasteiger partial charge in [-0.3, -0.25) is 19.3 Å². The molecule has 0 spiro atoms. The third-order valence-electron chi connectivity index (χ3n) is 4.81. The molecule has 3 rings (SSSR count). The molecule has 0 unspecified atom stereocenters. The molecule has 1 aliphatic rings. The van der Waals surface area contributed by atoms with Gasteiger partial charge in [0.1, 0.15) is 0 Å². The Hall–Kier alpha value is -2.70. The van der Waals surface area contributed by atoms with E-state index < -0.39 is 0 Å². The number of hydrogen-bond donors (Lipinski definition) is 2. The van der Waals surface area contributed by atoms with E-state index in [4.69, 9.17) is 17.3 Å². The van der Waals surface area contributed by atoms with Crippen LogP contribution in [0.1, 0.15) is 28.8 Å². The third-order valence-corrected chi connectivity index (χ3v) is 5.05. The number of nitrogens with zero attached hydrogens (tertiary/aromatic N) is 1. The molecule has 0 saturated carbocycles. The fourth-order valence-corrected chi connectivity index (χ4v) is 3.55. The molecule has 0 bridgehead atoms. The van der Waals surface area contributed by atoms with Crippen LogP contribution in [0.4, 0.5) is 5.69 Å². The van der Waals surface area contributed by atoms with Crippen LogP contribution < -0.4 is 11.1 Å². The number of rotatable bonds is 6. The van der Waals surface area contributed by atoms with Gasteiger partial charge in [0.2, 0.25) is 11.8 Å². The Balaban J connectivity index is 1.72. The number of anilines is 1. The van der Waals surface area contributed by atoms with Gasteiger partial charge in [-0.1, -0.05) is 41.9 Å². The zero-order valence-corrected chi connectivity index (χ0v) is 16.1. The molecule has 3 N–H and O–H groups in total. The minimum Gasteiger partial charge on any atom is -0.369 e. The van der Waals surface area contributed by atoms with E-state index in [1.807, 2.05) is 11.0 Å². The highest BCUT2D eigenvalue weighted by molar-refractivity contribution is 6.31. The Morgan fingerprint density at radius 1 is 1.14 bits per heavy atom. The largest absolute Gasteiger partial charge is 0.369 e. The highest BCUT2D eigenvalue weighted by Crippen LogP contribution is 2.24. The van der Waals surface area contributed by atoms with Crippen LogP contribution >= 0.6 is 11.6 Å². The van der Waals surface area contributed by atoms with Crippen LogP contribution in [0, 0.1) is 5.92 Å². The van der Waals surface area contributed by atoms with Gasteiger partial charge in [-0.2, -0.15) is 0 Å². The van der Waals surface area contributed by atoms with E-state index in [9.17, 15) is 14.4 Å². The maximum Gasteiger partial charge on any atom is 0.238 e. The number of benzene rings is 2. The molecule has 2 aromatic carbocycles. The van der Waals surface area contributed by atoms with Crippen LogP contribution in [-0.4, -0.2) is 42.1 Å². The molecule has 1 fully saturated rings. The molecule has 28 heavy (non-hydrogen) atoms. The quantitative estimate of drug-likeness (QED) is 0.730. The molecule has 6 nitrogen and oxygen atoms in total. The summed E-state index contributed by atoms with van der Waals surface area (Å²) in [4.78, 5) is 38.7. The van der Waals surface area contributed by atoms with Crippen LogP contribution in [0.3, 0.4) is 0 Å². The highest BCUT2D eigenvalue weighted by Gasteiger charge is 2.25. The Morgan fingerprint density at radius 2 is 1.89 bits per heavy atom. The molecule has 0 aromatic heterocycles. The van der Waals surface area contributed by atoms with Gasteiger partial charge in [-0.05, 0) is 37.6 Å². The van der Waals surface area contributed by atoms with E-state index in [1.165, 1.54) is 0 Å². The summed E-state index contributed by atoms with van der Waals surface area (Å²) in [5.41, 5.74) is 6.65. The van der Waals surface area contributed by atoms with Crippen molar-refractivity contribution in [2.24, 2.45) is 11.7 Å². The molecular weight excluding hydrogens is 378 g/mol. The van der Waals surface area contributed by atoms with Gasteiger partial charge in [-0.15, -0.1) is 0 Å². The molecule has 1 saturated heterocycles. The van der Waals surface area contributed by atoms with Crippen molar-refractivity contribution in [2.75, 3.05) is 25.0 Å². The van der Waals surface area contributed by atoms with E-state index in [-0.39, 0.29) is 30.1 Å². The molecule has 7 heteroatoms. The SMILES string of the molecule is NC(=O)[C@@H]1CCCN(CC(=O)Nc2ccc(Cl)cc2C(=O)c2ccccc2)C1. The summed E-state index contributed by atoms with van der Waals surface area (Å²) in [5.74, 6) is -1.04. The van der Waals surface area contributed by atoms with Crippen molar-refractivity contribution in [1.82, 2.24) is 4.90 Å². The molecule has 1 heterocycles. The van der Waals surface area contributed by atoms with E-state index in [0.29, 0.717) is 28.4 Å². The summed E-state index contributed by atoms with van der Waals surface area (Å²) in [6.07, 6.45) is 1.57. The first kappa shape index (κ1) is 20.0. The predicted octanol–water partition coefficient (Wildman–Crippen LogP) is 2.71. The minimum atomic E-state index is -0.335. The first-order valence-electron chi connectivity index (χ1n) is 9.15. The zero-order valence-electron chi connectivity index (χ0n) is 15.4. The van der Waals surface area contributed by atoms with Crippen LogP contribution in [0.2, 0.25) is 5.02 Å². The average molecular weight is 400 g/mol. The zero-order chi connectivity index (χ0) is 20.1. The van der Waals surface area contributed by atoms with Crippen molar-refractivity contribution in [2.45, 2.75) is 12.8 Å². The summed E-state index contributed by atoms with van der Waals surface area (Å²) < 4.78 is 0. The van der Waals surface area contributed by atoms with Gasteiger partial charge < -0.3 is 11.1 Å². The Labute approximate surface area is 168 Å². The molecule has 0 aliphatic carbocycles. The lowest BCUT2D eigenvalue weighted by molar-refractivity contribution is -0.125. The van der Waals surface area contributed by atoms with Crippen molar-refractivity contribution in [3.05, 3.63) is 64.7 Å². The van der Waals surface area contributed by atoms with E-state index >= 15 is 0 Å². The fourth-order valence-electron chi connectivity index (χ4n) is 3.38. The van der Waals surface area contributed by atoms with Crippen molar-refractivity contribution in [3.63, 3.8) is 0 Å². The van der Waals surface area contributed by atoms with Gasteiger partial charge in [0.05, 0.1) is 18.2 Å². The second-order valence-corrected chi connectivity index (χ2v) is 7.35. The number of hydrogen-bond acceptors (Lipinski definition) is 4. The van der Waals surface area contributed by atoms with Crippen LogP contribution in [0.25, 0.3) is 0 Å². The normalized spacial score (nSPS) is 17.1. The number of piperidine rings is 1. The minimum absolute atomic E-state index is 0.130. The maximum atomic E-state index is 12.8. The summed E-state index contributed by atoms with van der Waals surface area (Å²) in [6.45, 7) is 1.33. The van der Waals surface area contributed by atoms with Crippen molar-refractivity contribution >= 4 is 34.9 Å². The van der Waals surface area contributed by atoms with E-state index in [2.05, 4.69) is 5.32 Å². The topological polar surface area (TPSA) is 92.5 Å². The van der Waals surface area contributed by atoms with Gasteiger partial charge in [0.25, 0.3) is 0 Å². The Morgan fingerprint density at radius 3 is 2.61 bits per heavy atom. The second-order valence-electron chi connectivity index (χ2n) is 6.91. The van der Waals surface area contributed by atoms with Crippen LogP contribution in [0.15, 0.2) is 48.5 Å². The first-order valence-corrected chi connectivity index (χ1v) is 9.52. The predicted molar refractivity (Wildman–Crippen MR) is 108 cm³/mol. The molecule has 0 radical (unpaired) electrons. The monoisotopic (exact) mass is 399 g/mol. The second kappa shape index (κ2) is 8.99. The summed E-state index contributed by atoms with van der Waals surface area (Å²) >= 11 is 6.07. The van der Waals surface area contributed by atoms with Crippen molar-refractivity contribution in [3.8, 4) is 0 Å². The number of amides is 2. The first-order chi connectivity index (χ1) is 13.4. The molecule has 1 aliphatic heterocycles. The Kier molecular flexibility index (Phi) is 6.44. The number of nitrogens with one attached hydrogen (secondary N) is 1. The average Bonchev–Trinajstić information content (AvgIpc) is 2.69. The number of carbonyl (C=O) groups is 3. The molecule has 146 valence electrons. The van der Waals surface area contributed by atoms with Crippen LogP contribution in [-0.2, 0) is 9.59 Å². The lowest BCUT2D eigenvalue weighted by atomic mass is 9.97. The smallest absolute Gasteiger partial charge is 0.238 e. The Bertz CT molecular complexity index is 886. The van der Waals surface area contributed by atoms with Gasteiger partial charge in [0.15, 0.2) is 5.78 Å². The van der Waals surface area contributed by atoms with Crippen LogP contribution in [0.5, 0.6) is 0 Å². The molecular formula is C21H22ClN3O3. The van der Waals surface area contributed by atoms with Gasteiger partial charge >= 0.3 is 0 Å². The number of ketones is 1. The maximum absolute atomic E-state index is 12.8. The number of halogens is 1. The number of carbonyl (C=O) groups excluding carboxylic acids is 3. The number of primary amides is 1. The molecule has 1 atom stereocenters.